The molecule has 2 nitrogen and oxygen atoms in total. The van der Waals surface area contributed by atoms with Gasteiger partial charge in [0.2, 0.25) is 0 Å². The minimum Gasteiger partial charge on any atom is -0.314 e. The highest BCUT2D eigenvalue weighted by Crippen LogP contribution is 2.26. The standard InChI is InChI=1S/C14H30N2/c1-14(2,15-3)12-16(4)11-10-13-8-6-5-7-9-13/h13,15H,5-12H2,1-4H3. The number of likely N-dealkylation sites (N-methyl/N-ethyl adjacent to an activating group) is 2. The molecule has 0 bridgehead atoms. The molecule has 2 heteroatoms. The molecule has 0 atom stereocenters. The fourth-order valence-electron chi connectivity index (χ4n) is 2.71. The van der Waals surface area contributed by atoms with Gasteiger partial charge in [-0.3, -0.25) is 0 Å². The minimum atomic E-state index is 0.237. The lowest BCUT2D eigenvalue weighted by Gasteiger charge is -2.31. The first-order chi connectivity index (χ1) is 7.53. The van der Waals surface area contributed by atoms with Crippen LogP contribution in [0.5, 0.6) is 0 Å². The van der Waals surface area contributed by atoms with Gasteiger partial charge in [-0.05, 0) is 46.8 Å². The van der Waals surface area contributed by atoms with Crippen LogP contribution in [-0.2, 0) is 0 Å². The first-order valence-electron chi connectivity index (χ1n) is 6.91. The molecule has 0 aromatic carbocycles. The van der Waals surface area contributed by atoms with E-state index in [0.717, 1.165) is 12.5 Å². The van der Waals surface area contributed by atoms with E-state index >= 15 is 0 Å². The van der Waals surface area contributed by atoms with Crippen molar-refractivity contribution in [1.29, 1.82) is 0 Å². The molecule has 0 aromatic rings. The molecule has 1 saturated carbocycles. The smallest absolute Gasteiger partial charge is 0.0249 e. The van der Waals surface area contributed by atoms with Gasteiger partial charge in [0.25, 0.3) is 0 Å². The summed E-state index contributed by atoms with van der Waals surface area (Å²) in [6.45, 7) is 6.93. The first kappa shape index (κ1) is 14.0. The lowest BCUT2D eigenvalue weighted by molar-refractivity contribution is 0.217. The molecule has 0 amide bonds. The van der Waals surface area contributed by atoms with Gasteiger partial charge in [-0.25, -0.2) is 0 Å². The summed E-state index contributed by atoms with van der Waals surface area (Å²) in [6.07, 6.45) is 8.76. The van der Waals surface area contributed by atoms with Crippen molar-refractivity contribution in [2.45, 2.75) is 57.9 Å². The highest BCUT2D eigenvalue weighted by Gasteiger charge is 2.18. The maximum atomic E-state index is 3.37. The van der Waals surface area contributed by atoms with Gasteiger partial charge in [0.15, 0.2) is 0 Å². The molecule has 16 heavy (non-hydrogen) atoms. The van der Waals surface area contributed by atoms with Crippen molar-refractivity contribution in [3.05, 3.63) is 0 Å². The average molecular weight is 226 g/mol. The van der Waals surface area contributed by atoms with Crippen molar-refractivity contribution in [3.8, 4) is 0 Å². The van der Waals surface area contributed by atoms with Crippen molar-refractivity contribution in [3.63, 3.8) is 0 Å². The van der Waals surface area contributed by atoms with Crippen molar-refractivity contribution in [2.24, 2.45) is 5.92 Å². The summed E-state index contributed by atoms with van der Waals surface area (Å²) in [5, 5.41) is 3.37. The van der Waals surface area contributed by atoms with E-state index in [0.29, 0.717) is 0 Å². The summed E-state index contributed by atoms with van der Waals surface area (Å²) >= 11 is 0. The Labute approximate surface area is 102 Å². The van der Waals surface area contributed by atoms with Gasteiger partial charge in [0.1, 0.15) is 0 Å². The normalized spacial score (nSPS) is 19.3. The van der Waals surface area contributed by atoms with Crippen LogP contribution in [0.4, 0.5) is 0 Å². The van der Waals surface area contributed by atoms with Crippen LogP contribution in [0.2, 0.25) is 0 Å². The van der Waals surface area contributed by atoms with Gasteiger partial charge in [-0.1, -0.05) is 32.1 Å². The Bertz CT molecular complexity index is 183. The Kier molecular flexibility index (Phi) is 5.77. The molecule has 0 radical (unpaired) electrons. The third-order valence-corrected chi connectivity index (χ3v) is 3.99. The van der Waals surface area contributed by atoms with Gasteiger partial charge >= 0.3 is 0 Å². The number of rotatable bonds is 6. The van der Waals surface area contributed by atoms with Crippen LogP contribution in [0.3, 0.4) is 0 Å². The zero-order valence-corrected chi connectivity index (χ0v) is 11.7. The summed E-state index contributed by atoms with van der Waals surface area (Å²) in [5.74, 6) is 1.01. The fraction of sp³-hybridized carbons (Fsp3) is 1.00. The topological polar surface area (TPSA) is 15.3 Å². The second-order valence-corrected chi connectivity index (χ2v) is 6.16. The second kappa shape index (κ2) is 6.61. The Hall–Kier alpha value is -0.0800. The van der Waals surface area contributed by atoms with Gasteiger partial charge < -0.3 is 10.2 Å². The molecule has 0 spiro atoms. The van der Waals surface area contributed by atoms with E-state index in [2.05, 4.69) is 38.2 Å². The first-order valence-corrected chi connectivity index (χ1v) is 6.91. The van der Waals surface area contributed by atoms with Gasteiger partial charge in [0.05, 0.1) is 0 Å². The average Bonchev–Trinajstić information content (AvgIpc) is 2.27. The number of hydrogen-bond donors (Lipinski definition) is 1. The molecule has 0 heterocycles. The summed E-state index contributed by atoms with van der Waals surface area (Å²) < 4.78 is 0. The molecule has 1 N–H and O–H groups in total. The molecular weight excluding hydrogens is 196 g/mol. The lowest BCUT2D eigenvalue weighted by atomic mass is 9.87. The van der Waals surface area contributed by atoms with Crippen LogP contribution in [-0.4, -0.2) is 37.6 Å². The van der Waals surface area contributed by atoms with E-state index in [1.165, 1.54) is 45.1 Å². The predicted octanol–water partition coefficient (Wildman–Crippen LogP) is 2.89. The number of hydrogen-bond acceptors (Lipinski definition) is 2. The molecule has 1 rings (SSSR count). The summed E-state index contributed by atoms with van der Waals surface area (Å²) in [4.78, 5) is 2.48. The molecule has 0 aromatic heterocycles. The van der Waals surface area contributed by atoms with Gasteiger partial charge in [-0.15, -0.1) is 0 Å². The Morgan fingerprint density at radius 2 is 1.81 bits per heavy atom. The second-order valence-electron chi connectivity index (χ2n) is 6.16. The maximum absolute atomic E-state index is 3.37. The summed E-state index contributed by atoms with van der Waals surface area (Å²) in [5.41, 5.74) is 0.237. The predicted molar refractivity (Wildman–Crippen MR) is 71.8 cm³/mol. The highest BCUT2D eigenvalue weighted by molar-refractivity contribution is 4.79. The summed E-state index contributed by atoms with van der Waals surface area (Å²) in [6, 6.07) is 0. The minimum absolute atomic E-state index is 0.237. The molecule has 0 saturated heterocycles. The van der Waals surface area contributed by atoms with Crippen LogP contribution in [0.15, 0.2) is 0 Å². The highest BCUT2D eigenvalue weighted by atomic mass is 15.1. The Balaban J connectivity index is 2.16. The van der Waals surface area contributed by atoms with Crippen LogP contribution in [0.25, 0.3) is 0 Å². The van der Waals surface area contributed by atoms with Crippen molar-refractivity contribution < 1.29 is 0 Å². The van der Waals surface area contributed by atoms with E-state index in [1.807, 2.05) is 0 Å². The maximum Gasteiger partial charge on any atom is 0.0249 e. The number of nitrogens with one attached hydrogen (secondary N) is 1. The lowest BCUT2D eigenvalue weighted by Crippen LogP contribution is -2.46. The molecule has 1 fully saturated rings. The zero-order valence-electron chi connectivity index (χ0n) is 11.7. The van der Waals surface area contributed by atoms with Crippen molar-refractivity contribution >= 4 is 0 Å². The Morgan fingerprint density at radius 1 is 1.19 bits per heavy atom. The van der Waals surface area contributed by atoms with Crippen molar-refractivity contribution in [1.82, 2.24) is 10.2 Å². The van der Waals surface area contributed by atoms with Crippen LogP contribution in [0.1, 0.15) is 52.4 Å². The third kappa shape index (κ3) is 5.31. The number of nitrogens with zero attached hydrogens (tertiary/aromatic N) is 1. The molecule has 1 aliphatic carbocycles. The largest absolute Gasteiger partial charge is 0.314 e. The molecular formula is C14H30N2. The zero-order chi connectivity index (χ0) is 12.0. The monoisotopic (exact) mass is 226 g/mol. The van der Waals surface area contributed by atoms with Gasteiger partial charge in [0, 0.05) is 12.1 Å². The van der Waals surface area contributed by atoms with E-state index in [4.69, 9.17) is 0 Å². The van der Waals surface area contributed by atoms with Crippen LogP contribution < -0.4 is 5.32 Å². The molecule has 1 aliphatic rings. The van der Waals surface area contributed by atoms with Gasteiger partial charge in [-0.2, -0.15) is 0 Å². The SMILES string of the molecule is CNC(C)(C)CN(C)CCC1CCCCC1. The molecule has 0 aliphatic heterocycles. The summed E-state index contributed by atoms with van der Waals surface area (Å²) in [7, 11) is 4.30. The van der Waals surface area contributed by atoms with Crippen molar-refractivity contribution in [2.75, 3.05) is 27.2 Å². The van der Waals surface area contributed by atoms with Crippen LogP contribution >= 0.6 is 0 Å². The molecule has 0 unspecified atom stereocenters. The third-order valence-electron chi connectivity index (χ3n) is 3.99. The van der Waals surface area contributed by atoms with E-state index < -0.39 is 0 Å². The van der Waals surface area contributed by atoms with E-state index in [1.54, 1.807) is 0 Å². The fourth-order valence-corrected chi connectivity index (χ4v) is 2.71. The Morgan fingerprint density at radius 3 is 2.38 bits per heavy atom. The molecule has 96 valence electrons. The van der Waals surface area contributed by atoms with E-state index in [9.17, 15) is 0 Å². The van der Waals surface area contributed by atoms with Crippen LogP contribution in [0, 0.1) is 5.92 Å². The quantitative estimate of drug-likeness (QED) is 0.749. The van der Waals surface area contributed by atoms with E-state index in [-0.39, 0.29) is 5.54 Å².